The highest BCUT2D eigenvalue weighted by Gasteiger charge is 2.70. The molecule has 4 heteroatoms. The van der Waals surface area contributed by atoms with Gasteiger partial charge in [-0.25, -0.2) is 4.39 Å². The zero-order valence-electron chi connectivity index (χ0n) is 19.6. The summed E-state index contributed by atoms with van der Waals surface area (Å²) in [5.41, 5.74) is -1.60. The number of aliphatic hydroxyl groups is 1. The minimum atomic E-state index is -1.37. The Hall–Kier alpha value is -0.450. The van der Waals surface area contributed by atoms with E-state index in [9.17, 15) is 5.11 Å². The summed E-state index contributed by atoms with van der Waals surface area (Å²) in [6, 6.07) is 0. The lowest BCUT2D eigenvalue weighted by Gasteiger charge is -2.65. The molecule has 30 heavy (non-hydrogen) atoms. The summed E-state index contributed by atoms with van der Waals surface area (Å²) in [6.07, 6.45) is 9.09. The summed E-state index contributed by atoms with van der Waals surface area (Å²) in [5.74, 6) is 1.29. The molecule has 8 atom stereocenters. The van der Waals surface area contributed by atoms with Crippen LogP contribution in [0.1, 0.15) is 86.0 Å². The Morgan fingerprint density at radius 2 is 1.53 bits per heavy atom. The van der Waals surface area contributed by atoms with Crippen LogP contribution in [-0.2, 0) is 9.47 Å². The van der Waals surface area contributed by atoms with Gasteiger partial charge in [0.25, 0.3) is 0 Å². The standard InChI is InChI=1S/C26H41FO3/c1-17(2)14-25(27)15-19-18(20-7-9-22(3,28)16-24(20,25)5)6-10-23(4)21(19)8-11-26(23)29-12-13-30-26/h14,18-21,28H,6-13,15-16H2,1-5H3. The number of halogens is 1. The molecule has 0 bridgehead atoms. The maximum Gasteiger partial charge on any atom is 0.174 e. The summed E-state index contributed by atoms with van der Waals surface area (Å²) in [6.45, 7) is 11.8. The van der Waals surface area contributed by atoms with Crippen molar-refractivity contribution in [3.8, 4) is 0 Å². The van der Waals surface area contributed by atoms with Crippen LogP contribution in [0.25, 0.3) is 0 Å². The topological polar surface area (TPSA) is 38.7 Å². The van der Waals surface area contributed by atoms with Gasteiger partial charge in [-0.3, -0.25) is 0 Å². The van der Waals surface area contributed by atoms with Gasteiger partial charge in [0, 0.05) is 17.3 Å². The fourth-order valence-electron chi connectivity index (χ4n) is 9.19. The molecule has 0 aromatic carbocycles. The van der Waals surface area contributed by atoms with Gasteiger partial charge in [-0.05, 0) is 95.5 Å². The van der Waals surface area contributed by atoms with Gasteiger partial charge in [-0.2, -0.15) is 0 Å². The van der Waals surface area contributed by atoms with Gasteiger partial charge in [0.2, 0.25) is 0 Å². The molecule has 4 aliphatic carbocycles. The van der Waals surface area contributed by atoms with E-state index in [-0.39, 0.29) is 5.41 Å². The largest absolute Gasteiger partial charge is 0.390 e. The first-order chi connectivity index (χ1) is 14.0. The Bertz CT molecular complexity index is 737. The number of ether oxygens (including phenoxy) is 2. The Labute approximate surface area is 181 Å². The van der Waals surface area contributed by atoms with E-state index in [0.717, 1.165) is 44.1 Å². The molecular formula is C26H41FO3. The fraction of sp³-hybridized carbons (Fsp3) is 0.923. The summed E-state index contributed by atoms with van der Waals surface area (Å²) in [5, 5.41) is 11.0. The normalized spacial score (nSPS) is 54.4. The zero-order valence-corrected chi connectivity index (χ0v) is 19.6. The molecule has 3 nitrogen and oxygen atoms in total. The molecule has 0 aromatic rings. The molecule has 1 aliphatic heterocycles. The highest BCUT2D eigenvalue weighted by atomic mass is 19.1. The first kappa shape index (κ1) is 21.4. The van der Waals surface area contributed by atoms with E-state index in [1.807, 2.05) is 26.8 Å². The quantitative estimate of drug-likeness (QED) is 0.544. The molecule has 1 heterocycles. The lowest BCUT2D eigenvalue weighted by Crippen LogP contribution is -2.64. The van der Waals surface area contributed by atoms with Crippen LogP contribution in [0.3, 0.4) is 0 Å². The van der Waals surface area contributed by atoms with Crippen molar-refractivity contribution in [1.29, 1.82) is 0 Å². The minimum absolute atomic E-state index is 0.00947. The third-order valence-electron chi connectivity index (χ3n) is 10.4. The van der Waals surface area contributed by atoms with Crippen molar-refractivity contribution >= 4 is 0 Å². The van der Waals surface area contributed by atoms with E-state index in [1.54, 1.807) is 0 Å². The van der Waals surface area contributed by atoms with Gasteiger partial charge in [0.1, 0.15) is 5.67 Å². The Morgan fingerprint density at radius 3 is 2.20 bits per heavy atom. The molecule has 1 N–H and O–H groups in total. The molecule has 1 saturated heterocycles. The minimum Gasteiger partial charge on any atom is -0.390 e. The van der Waals surface area contributed by atoms with E-state index in [0.29, 0.717) is 49.7 Å². The molecule has 170 valence electrons. The smallest absolute Gasteiger partial charge is 0.174 e. The first-order valence-corrected chi connectivity index (χ1v) is 12.3. The van der Waals surface area contributed by atoms with E-state index >= 15 is 4.39 Å². The first-order valence-electron chi connectivity index (χ1n) is 12.3. The number of rotatable bonds is 1. The monoisotopic (exact) mass is 420 g/mol. The molecule has 4 saturated carbocycles. The molecule has 0 radical (unpaired) electrons. The number of hydrogen-bond donors (Lipinski definition) is 1. The third-order valence-corrected chi connectivity index (χ3v) is 10.4. The second-order valence-electron chi connectivity index (χ2n) is 12.4. The van der Waals surface area contributed by atoms with Crippen molar-refractivity contribution in [2.24, 2.45) is 34.5 Å². The van der Waals surface area contributed by atoms with Crippen LogP contribution in [0, 0.1) is 34.5 Å². The van der Waals surface area contributed by atoms with Crippen LogP contribution in [0.4, 0.5) is 4.39 Å². The lowest BCUT2D eigenvalue weighted by molar-refractivity contribution is -0.255. The molecular weight excluding hydrogens is 379 g/mol. The van der Waals surface area contributed by atoms with Crippen LogP contribution in [0.15, 0.2) is 11.6 Å². The molecule has 0 amide bonds. The molecule has 8 unspecified atom stereocenters. The van der Waals surface area contributed by atoms with Gasteiger partial charge < -0.3 is 14.6 Å². The second-order valence-corrected chi connectivity index (χ2v) is 12.4. The van der Waals surface area contributed by atoms with Crippen molar-refractivity contribution in [2.75, 3.05) is 13.2 Å². The predicted octanol–water partition coefficient (Wildman–Crippen LogP) is 5.81. The van der Waals surface area contributed by atoms with Crippen LogP contribution in [0.2, 0.25) is 0 Å². The molecule has 1 spiro atoms. The maximum absolute atomic E-state index is 17.2. The maximum atomic E-state index is 17.2. The number of hydrogen-bond acceptors (Lipinski definition) is 3. The fourth-order valence-corrected chi connectivity index (χ4v) is 9.19. The summed E-state index contributed by atoms with van der Waals surface area (Å²) >= 11 is 0. The number of alkyl halides is 1. The highest BCUT2D eigenvalue weighted by molar-refractivity contribution is 5.24. The van der Waals surface area contributed by atoms with Crippen molar-refractivity contribution in [3.05, 3.63) is 11.6 Å². The molecule has 5 aliphatic rings. The third kappa shape index (κ3) is 2.72. The van der Waals surface area contributed by atoms with E-state index in [4.69, 9.17) is 9.47 Å². The number of allylic oxidation sites excluding steroid dienone is 2. The molecule has 5 rings (SSSR count). The SMILES string of the molecule is CC(C)=CC1(F)CC2C(CCC3(C)C2CCC32OCCO2)C2CCC(C)(O)CC21C. The second kappa shape index (κ2) is 6.54. The summed E-state index contributed by atoms with van der Waals surface area (Å²) in [7, 11) is 0. The van der Waals surface area contributed by atoms with Crippen LogP contribution >= 0.6 is 0 Å². The van der Waals surface area contributed by atoms with Crippen LogP contribution in [-0.4, -0.2) is 35.4 Å². The van der Waals surface area contributed by atoms with Crippen molar-refractivity contribution in [1.82, 2.24) is 0 Å². The van der Waals surface area contributed by atoms with Gasteiger partial charge in [0.15, 0.2) is 5.79 Å². The van der Waals surface area contributed by atoms with Crippen LogP contribution in [0.5, 0.6) is 0 Å². The summed E-state index contributed by atoms with van der Waals surface area (Å²) in [4.78, 5) is 0. The Morgan fingerprint density at radius 1 is 0.900 bits per heavy atom. The average Bonchev–Trinajstić information content (AvgIpc) is 3.21. The van der Waals surface area contributed by atoms with Gasteiger partial charge in [-0.1, -0.05) is 19.4 Å². The highest BCUT2D eigenvalue weighted by Crippen LogP contribution is 2.71. The zero-order chi connectivity index (χ0) is 21.6. The van der Waals surface area contributed by atoms with Crippen LogP contribution < -0.4 is 0 Å². The molecule has 5 fully saturated rings. The van der Waals surface area contributed by atoms with Crippen molar-refractivity contribution in [3.63, 3.8) is 0 Å². The van der Waals surface area contributed by atoms with E-state index in [2.05, 4.69) is 13.8 Å². The average molecular weight is 421 g/mol. The van der Waals surface area contributed by atoms with E-state index < -0.39 is 22.5 Å². The predicted molar refractivity (Wildman–Crippen MR) is 116 cm³/mol. The number of fused-ring (bicyclic) bond motifs is 6. The van der Waals surface area contributed by atoms with E-state index in [1.165, 1.54) is 0 Å². The van der Waals surface area contributed by atoms with Gasteiger partial charge in [-0.15, -0.1) is 0 Å². The van der Waals surface area contributed by atoms with Crippen molar-refractivity contribution < 1.29 is 19.0 Å². The Balaban J connectivity index is 1.56. The molecule has 0 aromatic heterocycles. The van der Waals surface area contributed by atoms with Gasteiger partial charge >= 0.3 is 0 Å². The lowest BCUT2D eigenvalue weighted by atomic mass is 9.41. The van der Waals surface area contributed by atoms with Gasteiger partial charge in [0.05, 0.1) is 18.8 Å². The van der Waals surface area contributed by atoms with Crippen molar-refractivity contribution in [2.45, 2.75) is 103 Å². The Kier molecular flexibility index (Phi) is 4.67. The summed E-state index contributed by atoms with van der Waals surface area (Å²) < 4.78 is 29.7.